The Morgan fingerprint density at radius 1 is 1.19 bits per heavy atom. The smallest absolute Gasteiger partial charge is 0.231 e. The summed E-state index contributed by atoms with van der Waals surface area (Å²) in [5, 5.41) is 4.36. The summed E-state index contributed by atoms with van der Waals surface area (Å²) in [6, 6.07) is 0. The van der Waals surface area contributed by atoms with Gasteiger partial charge in [0.2, 0.25) is 17.2 Å². The van der Waals surface area contributed by atoms with E-state index >= 15 is 0 Å². The van der Waals surface area contributed by atoms with Gasteiger partial charge in [0, 0.05) is 24.2 Å². The van der Waals surface area contributed by atoms with Gasteiger partial charge in [0.15, 0.2) is 0 Å². The van der Waals surface area contributed by atoms with Crippen LogP contribution in [-0.2, 0) is 13.0 Å². The molecule has 0 atom stereocenters. The zero-order valence-corrected chi connectivity index (χ0v) is 14.0. The molecule has 0 radical (unpaired) electrons. The zero-order chi connectivity index (χ0) is 15.2. The predicted octanol–water partition coefficient (Wildman–Crippen LogP) is 3.00. The van der Waals surface area contributed by atoms with E-state index in [1.807, 2.05) is 11.1 Å². The summed E-state index contributed by atoms with van der Waals surface area (Å²) in [4.78, 5) is 20.3. The fourth-order valence-electron chi connectivity index (χ4n) is 1.81. The van der Waals surface area contributed by atoms with Crippen LogP contribution in [0.1, 0.15) is 30.7 Å². The molecule has 0 saturated carbocycles. The summed E-state index contributed by atoms with van der Waals surface area (Å²) < 4.78 is 0. The summed E-state index contributed by atoms with van der Waals surface area (Å²) in [6.07, 6.45) is 2.91. The van der Waals surface area contributed by atoms with Crippen LogP contribution in [0.2, 0.25) is 5.28 Å². The van der Waals surface area contributed by atoms with Crippen molar-refractivity contribution in [3.63, 3.8) is 0 Å². The fourth-order valence-corrected chi connectivity index (χ4v) is 2.77. The van der Waals surface area contributed by atoms with Gasteiger partial charge in [0.25, 0.3) is 0 Å². The highest BCUT2D eigenvalue weighted by atomic mass is 35.5. The van der Waals surface area contributed by atoms with Gasteiger partial charge >= 0.3 is 0 Å². The molecule has 2 aromatic rings. The average molecular weight is 327 g/mol. The van der Waals surface area contributed by atoms with Gasteiger partial charge < -0.3 is 10.2 Å². The molecule has 0 bridgehead atoms. The van der Waals surface area contributed by atoms with Gasteiger partial charge in [-0.2, -0.15) is 15.0 Å². The van der Waals surface area contributed by atoms with Crippen molar-refractivity contribution >= 4 is 34.8 Å². The molecule has 114 valence electrons. The van der Waals surface area contributed by atoms with Crippen molar-refractivity contribution in [2.75, 3.05) is 23.3 Å². The first-order valence-electron chi connectivity index (χ1n) is 7.00. The van der Waals surface area contributed by atoms with Crippen molar-refractivity contribution in [1.82, 2.24) is 19.9 Å². The molecule has 0 aliphatic heterocycles. The minimum atomic E-state index is 0.197. The van der Waals surface area contributed by atoms with Crippen LogP contribution >= 0.6 is 22.9 Å². The normalized spacial score (nSPS) is 10.7. The molecule has 21 heavy (non-hydrogen) atoms. The standard InChI is InChI=1S/C13H19ClN6S/c1-4-9-7-15-10(21-9)8-16-12-17-11(14)18-13(19-12)20(5-2)6-3/h7H,4-6,8H2,1-3H3,(H,16,17,18,19). The average Bonchev–Trinajstić information content (AvgIpc) is 2.94. The second-order valence-electron chi connectivity index (χ2n) is 4.33. The van der Waals surface area contributed by atoms with Crippen LogP contribution < -0.4 is 10.2 Å². The zero-order valence-electron chi connectivity index (χ0n) is 12.4. The molecule has 0 aliphatic rings. The van der Waals surface area contributed by atoms with E-state index in [-0.39, 0.29) is 5.28 Å². The molecular formula is C13H19ClN6S. The summed E-state index contributed by atoms with van der Waals surface area (Å²) in [5.74, 6) is 1.07. The molecule has 0 amide bonds. The van der Waals surface area contributed by atoms with Crippen LogP contribution in [0.5, 0.6) is 0 Å². The van der Waals surface area contributed by atoms with Crippen LogP contribution in [0.4, 0.5) is 11.9 Å². The number of thiazole rings is 1. The third kappa shape index (κ3) is 4.25. The topological polar surface area (TPSA) is 66.8 Å². The van der Waals surface area contributed by atoms with E-state index < -0.39 is 0 Å². The van der Waals surface area contributed by atoms with Crippen molar-refractivity contribution in [2.24, 2.45) is 0 Å². The van der Waals surface area contributed by atoms with Crippen molar-refractivity contribution in [1.29, 1.82) is 0 Å². The van der Waals surface area contributed by atoms with E-state index in [9.17, 15) is 0 Å². The van der Waals surface area contributed by atoms with E-state index in [2.05, 4.69) is 46.0 Å². The van der Waals surface area contributed by atoms with Gasteiger partial charge in [-0.1, -0.05) is 6.92 Å². The van der Waals surface area contributed by atoms with Gasteiger partial charge in [0.1, 0.15) is 5.01 Å². The number of hydrogen-bond acceptors (Lipinski definition) is 7. The van der Waals surface area contributed by atoms with E-state index in [1.165, 1.54) is 4.88 Å². The first-order valence-corrected chi connectivity index (χ1v) is 8.19. The lowest BCUT2D eigenvalue weighted by molar-refractivity contribution is 0.811. The number of rotatable bonds is 7. The van der Waals surface area contributed by atoms with Gasteiger partial charge in [0.05, 0.1) is 6.54 Å². The first-order chi connectivity index (χ1) is 10.2. The third-order valence-corrected chi connectivity index (χ3v) is 4.30. The van der Waals surface area contributed by atoms with E-state index in [0.717, 1.165) is 24.5 Å². The van der Waals surface area contributed by atoms with Gasteiger partial charge in [-0.15, -0.1) is 11.3 Å². The van der Waals surface area contributed by atoms with Crippen molar-refractivity contribution < 1.29 is 0 Å². The van der Waals surface area contributed by atoms with Crippen molar-refractivity contribution in [2.45, 2.75) is 33.7 Å². The first kappa shape index (κ1) is 15.9. The third-order valence-electron chi connectivity index (χ3n) is 2.99. The monoisotopic (exact) mass is 326 g/mol. The molecule has 1 N–H and O–H groups in total. The van der Waals surface area contributed by atoms with E-state index in [4.69, 9.17) is 11.6 Å². The van der Waals surface area contributed by atoms with Gasteiger partial charge in [-0.3, -0.25) is 0 Å². The van der Waals surface area contributed by atoms with Gasteiger partial charge in [-0.25, -0.2) is 4.98 Å². The van der Waals surface area contributed by atoms with Crippen molar-refractivity contribution in [3.05, 3.63) is 21.4 Å². The molecule has 2 rings (SSSR count). The Labute approximate surface area is 133 Å². The molecule has 8 heteroatoms. The Balaban J connectivity index is 2.08. The molecule has 0 fully saturated rings. The Kier molecular flexibility index (Phi) is 5.69. The number of aromatic nitrogens is 4. The molecule has 0 unspecified atom stereocenters. The number of aryl methyl sites for hydroxylation is 1. The minimum Gasteiger partial charge on any atom is -0.348 e. The van der Waals surface area contributed by atoms with Crippen LogP contribution in [0.15, 0.2) is 6.20 Å². The lowest BCUT2D eigenvalue weighted by Crippen LogP contribution is -2.25. The largest absolute Gasteiger partial charge is 0.348 e. The SMILES string of the molecule is CCc1cnc(CNc2nc(Cl)nc(N(CC)CC)n2)s1. The Bertz CT molecular complexity index is 584. The molecule has 2 heterocycles. The second-order valence-corrected chi connectivity index (χ2v) is 5.87. The molecule has 0 spiro atoms. The lowest BCUT2D eigenvalue weighted by Gasteiger charge is -2.18. The molecule has 0 aromatic carbocycles. The Morgan fingerprint density at radius 2 is 1.95 bits per heavy atom. The number of anilines is 2. The summed E-state index contributed by atoms with van der Waals surface area (Å²) in [7, 11) is 0. The highest BCUT2D eigenvalue weighted by Crippen LogP contribution is 2.16. The lowest BCUT2D eigenvalue weighted by atomic mass is 10.4. The van der Waals surface area contributed by atoms with E-state index in [0.29, 0.717) is 18.4 Å². The van der Waals surface area contributed by atoms with Crippen LogP contribution in [0.25, 0.3) is 0 Å². The van der Waals surface area contributed by atoms with E-state index in [1.54, 1.807) is 11.3 Å². The van der Waals surface area contributed by atoms with Crippen LogP contribution in [-0.4, -0.2) is 33.0 Å². The number of nitrogens with zero attached hydrogens (tertiary/aromatic N) is 5. The highest BCUT2D eigenvalue weighted by molar-refractivity contribution is 7.11. The summed E-state index contributed by atoms with van der Waals surface area (Å²) in [5.41, 5.74) is 0. The Morgan fingerprint density at radius 3 is 2.57 bits per heavy atom. The maximum absolute atomic E-state index is 5.97. The summed E-state index contributed by atoms with van der Waals surface area (Å²) in [6.45, 7) is 8.45. The quantitative estimate of drug-likeness (QED) is 0.843. The Hall–Kier alpha value is -1.47. The van der Waals surface area contributed by atoms with Crippen LogP contribution in [0.3, 0.4) is 0 Å². The fraction of sp³-hybridized carbons (Fsp3) is 0.538. The number of halogens is 1. The number of hydrogen-bond donors (Lipinski definition) is 1. The highest BCUT2D eigenvalue weighted by Gasteiger charge is 2.10. The van der Waals surface area contributed by atoms with Crippen molar-refractivity contribution in [3.8, 4) is 0 Å². The molecule has 0 saturated heterocycles. The molecule has 6 nitrogen and oxygen atoms in total. The maximum Gasteiger partial charge on any atom is 0.231 e. The summed E-state index contributed by atoms with van der Waals surface area (Å²) >= 11 is 7.66. The van der Waals surface area contributed by atoms with Gasteiger partial charge in [-0.05, 0) is 31.9 Å². The minimum absolute atomic E-state index is 0.197. The second kappa shape index (κ2) is 7.51. The van der Waals surface area contributed by atoms with Crippen LogP contribution in [0, 0.1) is 0 Å². The maximum atomic E-state index is 5.97. The molecule has 2 aromatic heterocycles. The number of nitrogens with one attached hydrogen (secondary N) is 1. The predicted molar refractivity (Wildman–Crippen MR) is 87.2 cm³/mol. The molecule has 0 aliphatic carbocycles. The molecular weight excluding hydrogens is 308 g/mol.